The second-order valence-electron chi connectivity index (χ2n) is 3.31. The summed E-state index contributed by atoms with van der Waals surface area (Å²) >= 11 is 1.55. The monoisotopic (exact) mass is 227 g/mol. The van der Waals surface area contributed by atoms with Crippen molar-refractivity contribution >= 4 is 23.2 Å². The summed E-state index contributed by atoms with van der Waals surface area (Å²) in [5.74, 6) is -1.33. The van der Waals surface area contributed by atoms with E-state index in [0.29, 0.717) is 6.42 Å². The number of rotatable bonds is 4. The lowest BCUT2D eigenvalue weighted by Crippen LogP contribution is -2.40. The maximum absolute atomic E-state index is 10.8. The van der Waals surface area contributed by atoms with E-state index in [1.54, 1.807) is 11.3 Å². The smallest absolute Gasteiger partial charge is 0.326 e. The van der Waals surface area contributed by atoms with Gasteiger partial charge in [0.15, 0.2) is 0 Å². The van der Waals surface area contributed by atoms with E-state index >= 15 is 0 Å². The molecule has 0 aliphatic rings. The second-order valence-corrected chi connectivity index (χ2v) is 4.68. The number of nitrogens with one attached hydrogen (secondary N) is 1. The number of aliphatic carboxylic acids is 1. The van der Waals surface area contributed by atoms with Crippen LogP contribution >= 0.6 is 11.3 Å². The number of hydrogen-bond donors (Lipinski definition) is 2. The highest BCUT2D eigenvalue weighted by Gasteiger charge is 2.19. The summed E-state index contributed by atoms with van der Waals surface area (Å²) in [6, 6.07) is 2.99. The van der Waals surface area contributed by atoms with Gasteiger partial charge in [-0.1, -0.05) is 0 Å². The largest absolute Gasteiger partial charge is 0.480 e. The van der Waals surface area contributed by atoms with Crippen LogP contribution < -0.4 is 5.32 Å². The molecule has 5 heteroatoms. The predicted octanol–water partition coefficient (Wildman–Crippen LogP) is 1.19. The highest BCUT2D eigenvalue weighted by Crippen LogP contribution is 2.16. The molecule has 2 N–H and O–H groups in total. The van der Waals surface area contributed by atoms with Crippen molar-refractivity contribution in [3.8, 4) is 0 Å². The molecule has 15 heavy (non-hydrogen) atoms. The van der Waals surface area contributed by atoms with E-state index in [2.05, 4.69) is 5.32 Å². The number of carboxylic acid groups (broad SMARTS) is 1. The summed E-state index contributed by atoms with van der Waals surface area (Å²) in [5.41, 5.74) is 0. The molecule has 0 aliphatic heterocycles. The number of carboxylic acids is 1. The lowest BCUT2D eigenvalue weighted by Gasteiger charge is -2.11. The molecule has 0 saturated carbocycles. The first-order valence-electron chi connectivity index (χ1n) is 4.54. The van der Waals surface area contributed by atoms with Gasteiger partial charge in [0.1, 0.15) is 6.04 Å². The number of carbonyl (C=O) groups is 2. The van der Waals surface area contributed by atoms with Crippen molar-refractivity contribution in [1.82, 2.24) is 5.32 Å². The quantitative estimate of drug-likeness (QED) is 0.812. The Balaban J connectivity index is 2.66. The van der Waals surface area contributed by atoms with Crippen molar-refractivity contribution in [3.63, 3.8) is 0 Å². The fraction of sp³-hybridized carbons (Fsp3) is 0.400. The van der Waals surface area contributed by atoms with Crippen molar-refractivity contribution in [2.75, 3.05) is 0 Å². The molecule has 1 amide bonds. The Kier molecular flexibility index (Phi) is 3.85. The zero-order valence-electron chi connectivity index (χ0n) is 8.61. The summed E-state index contributed by atoms with van der Waals surface area (Å²) in [4.78, 5) is 23.7. The highest BCUT2D eigenvalue weighted by atomic mass is 32.1. The fourth-order valence-corrected chi connectivity index (χ4v) is 2.18. The van der Waals surface area contributed by atoms with Crippen molar-refractivity contribution in [2.24, 2.45) is 0 Å². The van der Waals surface area contributed by atoms with Crippen LogP contribution in [0.1, 0.15) is 16.7 Å². The van der Waals surface area contributed by atoms with Crippen LogP contribution in [0, 0.1) is 6.92 Å². The number of thiophene rings is 1. The van der Waals surface area contributed by atoms with Gasteiger partial charge in [-0.05, 0) is 19.1 Å². The third-order valence-electron chi connectivity index (χ3n) is 1.88. The molecule has 0 aromatic carbocycles. The lowest BCUT2D eigenvalue weighted by atomic mass is 10.2. The first-order valence-corrected chi connectivity index (χ1v) is 5.36. The molecule has 0 spiro atoms. The molecule has 1 aromatic rings. The zero-order valence-corrected chi connectivity index (χ0v) is 9.43. The predicted molar refractivity (Wildman–Crippen MR) is 58.0 cm³/mol. The molecule has 82 valence electrons. The van der Waals surface area contributed by atoms with Crippen LogP contribution in [0.2, 0.25) is 0 Å². The van der Waals surface area contributed by atoms with Gasteiger partial charge in [-0.2, -0.15) is 0 Å². The number of hydrogen-bond acceptors (Lipinski definition) is 3. The van der Waals surface area contributed by atoms with Gasteiger partial charge in [-0.25, -0.2) is 4.79 Å². The first-order chi connectivity index (χ1) is 6.99. The molecule has 1 aromatic heterocycles. The molecule has 1 rings (SSSR count). The maximum atomic E-state index is 10.8. The van der Waals surface area contributed by atoms with Crippen molar-refractivity contribution < 1.29 is 14.7 Å². The van der Waals surface area contributed by atoms with Crippen molar-refractivity contribution in [1.29, 1.82) is 0 Å². The second kappa shape index (κ2) is 4.93. The molecule has 4 nitrogen and oxygen atoms in total. The van der Waals surface area contributed by atoms with E-state index in [-0.39, 0.29) is 5.91 Å². The minimum atomic E-state index is -1.00. The van der Waals surface area contributed by atoms with E-state index in [4.69, 9.17) is 5.11 Å². The van der Waals surface area contributed by atoms with Gasteiger partial charge in [0.2, 0.25) is 5.91 Å². The molecule has 0 aliphatic carbocycles. The Morgan fingerprint density at radius 3 is 2.60 bits per heavy atom. The molecule has 0 saturated heterocycles. The minimum absolute atomic E-state index is 0.323. The zero-order chi connectivity index (χ0) is 11.4. The number of aryl methyl sites for hydroxylation is 1. The summed E-state index contributed by atoms with van der Waals surface area (Å²) < 4.78 is 0. The van der Waals surface area contributed by atoms with E-state index in [9.17, 15) is 9.59 Å². The molecular weight excluding hydrogens is 214 g/mol. The summed E-state index contributed by atoms with van der Waals surface area (Å²) in [6.07, 6.45) is 0.341. The van der Waals surface area contributed by atoms with Gasteiger partial charge in [0, 0.05) is 23.1 Å². The van der Waals surface area contributed by atoms with Gasteiger partial charge in [-0.3, -0.25) is 4.79 Å². The Bertz CT molecular complexity index is 372. The number of amides is 1. The van der Waals surface area contributed by atoms with Crippen LogP contribution in [-0.4, -0.2) is 23.0 Å². The van der Waals surface area contributed by atoms with E-state index < -0.39 is 12.0 Å². The molecule has 0 unspecified atom stereocenters. The average molecular weight is 227 g/mol. The van der Waals surface area contributed by atoms with Crippen LogP contribution in [0.25, 0.3) is 0 Å². The molecule has 0 bridgehead atoms. The Morgan fingerprint density at radius 2 is 2.20 bits per heavy atom. The first kappa shape index (κ1) is 11.7. The summed E-state index contributed by atoms with van der Waals surface area (Å²) in [6.45, 7) is 3.28. The normalized spacial score (nSPS) is 12.1. The van der Waals surface area contributed by atoms with E-state index in [0.717, 1.165) is 9.75 Å². The van der Waals surface area contributed by atoms with Crippen LogP contribution in [-0.2, 0) is 16.0 Å². The molecule has 1 heterocycles. The van der Waals surface area contributed by atoms with Crippen molar-refractivity contribution in [2.45, 2.75) is 26.3 Å². The SMILES string of the molecule is CC(=O)N[C@H](Cc1ccc(C)s1)C(=O)O. The van der Waals surface area contributed by atoms with Gasteiger partial charge in [-0.15, -0.1) is 11.3 Å². The topological polar surface area (TPSA) is 66.4 Å². The van der Waals surface area contributed by atoms with E-state index in [1.807, 2.05) is 19.1 Å². The average Bonchev–Trinajstić information content (AvgIpc) is 2.49. The lowest BCUT2D eigenvalue weighted by molar-refractivity contribution is -0.141. The number of carbonyl (C=O) groups excluding carboxylic acids is 1. The Labute approximate surface area is 91.9 Å². The molecule has 1 atom stereocenters. The third-order valence-corrected chi connectivity index (χ3v) is 2.90. The van der Waals surface area contributed by atoms with Gasteiger partial charge in [0.05, 0.1) is 0 Å². The van der Waals surface area contributed by atoms with Crippen LogP contribution in [0.4, 0.5) is 0 Å². The molecular formula is C10H13NO3S. The Hall–Kier alpha value is -1.36. The van der Waals surface area contributed by atoms with Gasteiger partial charge < -0.3 is 10.4 Å². The van der Waals surface area contributed by atoms with Gasteiger partial charge in [0.25, 0.3) is 0 Å². The molecule has 0 fully saturated rings. The highest BCUT2D eigenvalue weighted by molar-refractivity contribution is 7.11. The standard InChI is InChI=1S/C10H13NO3S/c1-6-3-4-8(15-6)5-9(10(13)14)11-7(2)12/h3-4,9H,5H2,1-2H3,(H,11,12)(H,13,14)/t9-/m1/s1. The van der Waals surface area contributed by atoms with Crippen LogP contribution in [0.3, 0.4) is 0 Å². The van der Waals surface area contributed by atoms with Crippen LogP contribution in [0.15, 0.2) is 12.1 Å². The maximum Gasteiger partial charge on any atom is 0.326 e. The van der Waals surface area contributed by atoms with Gasteiger partial charge >= 0.3 is 5.97 Å². The summed E-state index contributed by atoms with van der Waals surface area (Å²) in [5, 5.41) is 11.3. The fourth-order valence-electron chi connectivity index (χ4n) is 1.24. The Morgan fingerprint density at radius 1 is 1.53 bits per heavy atom. The minimum Gasteiger partial charge on any atom is -0.480 e. The summed E-state index contributed by atoms with van der Waals surface area (Å²) in [7, 11) is 0. The third kappa shape index (κ3) is 3.71. The van der Waals surface area contributed by atoms with Crippen LogP contribution in [0.5, 0.6) is 0 Å². The molecule has 0 radical (unpaired) electrons. The van der Waals surface area contributed by atoms with Crippen molar-refractivity contribution in [3.05, 3.63) is 21.9 Å². The van der Waals surface area contributed by atoms with E-state index in [1.165, 1.54) is 6.92 Å².